The fourth-order valence-corrected chi connectivity index (χ4v) is 5.11. The van der Waals surface area contributed by atoms with E-state index in [1.54, 1.807) is 12.4 Å². The molecule has 6 rings (SSSR count). The lowest BCUT2D eigenvalue weighted by atomic mass is 9.93. The first-order valence-electron chi connectivity index (χ1n) is 12.4. The van der Waals surface area contributed by atoms with Gasteiger partial charge in [0.2, 0.25) is 5.95 Å². The van der Waals surface area contributed by atoms with Crippen molar-refractivity contribution >= 4 is 22.7 Å². The molecule has 3 aliphatic rings. The highest BCUT2D eigenvalue weighted by Gasteiger charge is 2.25. The summed E-state index contributed by atoms with van der Waals surface area (Å²) in [4.78, 5) is 20.7. The highest BCUT2D eigenvalue weighted by Crippen LogP contribution is 2.33. The van der Waals surface area contributed by atoms with Crippen LogP contribution in [0.25, 0.3) is 11.0 Å². The molecule has 9 heteroatoms. The smallest absolute Gasteiger partial charge is 0.223 e. The predicted molar refractivity (Wildman–Crippen MR) is 130 cm³/mol. The highest BCUT2D eigenvalue weighted by molar-refractivity contribution is 5.85. The first-order valence-corrected chi connectivity index (χ1v) is 12.4. The SMILES string of the molecule is c1cnc2c(O[C@H]3CC[C@@H](Nc4ncc5c(n4)CNCC5)CC3)cc(N3CCOCC3)cc2n1. The van der Waals surface area contributed by atoms with Gasteiger partial charge in [0.1, 0.15) is 11.3 Å². The fourth-order valence-electron chi connectivity index (χ4n) is 5.11. The second-order valence-electron chi connectivity index (χ2n) is 9.30. The molecular weight excluding hydrogens is 430 g/mol. The van der Waals surface area contributed by atoms with Crippen LogP contribution in [0.4, 0.5) is 11.6 Å². The van der Waals surface area contributed by atoms with Gasteiger partial charge in [-0.25, -0.2) is 15.0 Å². The molecule has 2 aliphatic heterocycles. The highest BCUT2D eigenvalue weighted by atomic mass is 16.5. The molecule has 1 saturated carbocycles. The summed E-state index contributed by atoms with van der Waals surface area (Å²) in [6, 6.07) is 4.60. The summed E-state index contributed by atoms with van der Waals surface area (Å²) in [5.74, 6) is 1.57. The Hall–Kier alpha value is -3.04. The van der Waals surface area contributed by atoms with E-state index in [2.05, 4.69) is 42.6 Å². The Morgan fingerprint density at radius 2 is 1.88 bits per heavy atom. The normalized spacial score (nSPS) is 22.9. The van der Waals surface area contributed by atoms with Crippen molar-refractivity contribution in [3.05, 3.63) is 42.0 Å². The Labute approximate surface area is 199 Å². The van der Waals surface area contributed by atoms with Crippen molar-refractivity contribution in [1.29, 1.82) is 0 Å². The minimum atomic E-state index is 0.164. The van der Waals surface area contributed by atoms with Gasteiger partial charge >= 0.3 is 0 Å². The van der Waals surface area contributed by atoms with Gasteiger partial charge in [0.25, 0.3) is 0 Å². The molecule has 34 heavy (non-hydrogen) atoms. The summed E-state index contributed by atoms with van der Waals surface area (Å²) in [5.41, 5.74) is 5.21. The van der Waals surface area contributed by atoms with Gasteiger partial charge in [0.15, 0.2) is 0 Å². The van der Waals surface area contributed by atoms with Crippen LogP contribution in [0, 0.1) is 0 Å². The quantitative estimate of drug-likeness (QED) is 0.594. The Kier molecular flexibility index (Phi) is 6.12. The van der Waals surface area contributed by atoms with Crippen molar-refractivity contribution < 1.29 is 9.47 Å². The van der Waals surface area contributed by atoms with Gasteiger partial charge in [0, 0.05) is 56.0 Å². The lowest BCUT2D eigenvalue weighted by Gasteiger charge is -2.31. The van der Waals surface area contributed by atoms with Crippen LogP contribution in [-0.4, -0.2) is 64.9 Å². The van der Waals surface area contributed by atoms with Crippen molar-refractivity contribution in [1.82, 2.24) is 25.3 Å². The van der Waals surface area contributed by atoms with Crippen LogP contribution in [0.15, 0.2) is 30.7 Å². The van der Waals surface area contributed by atoms with Gasteiger partial charge in [-0.1, -0.05) is 0 Å². The van der Waals surface area contributed by atoms with Crippen LogP contribution in [0.1, 0.15) is 36.9 Å². The Morgan fingerprint density at radius 3 is 2.76 bits per heavy atom. The fraction of sp³-hybridized carbons (Fsp3) is 0.520. The van der Waals surface area contributed by atoms with Crippen LogP contribution < -0.4 is 20.3 Å². The first kappa shape index (κ1) is 21.5. The molecule has 0 amide bonds. The number of rotatable bonds is 5. The molecule has 2 N–H and O–H groups in total. The summed E-state index contributed by atoms with van der Waals surface area (Å²) in [6.07, 6.45) is 10.6. The van der Waals surface area contributed by atoms with Crippen LogP contribution in [-0.2, 0) is 17.7 Å². The van der Waals surface area contributed by atoms with Crippen LogP contribution in [0.5, 0.6) is 5.75 Å². The number of aromatic nitrogens is 4. The molecule has 1 aromatic carbocycles. The van der Waals surface area contributed by atoms with Crippen LogP contribution >= 0.6 is 0 Å². The average Bonchev–Trinajstić information content (AvgIpc) is 2.90. The maximum Gasteiger partial charge on any atom is 0.223 e. The van der Waals surface area contributed by atoms with Gasteiger partial charge in [-0.2, -0.15) is 0 Å². The summed E-state index contributed by atoms with van der Waals surface area (Å²) >= 11 is 0. The Morgan fingerprint density at radius 1 is 1.03 bits per heavy atom. The van der Waals surface area contributed by atoms with Crippen molar-refractivity contribution in [3.8, 4) is 5.75 Å². The predicted octanol–water partition coefficient (Wildman–Crippen LogP) is 2.70. The van der Waals surface area contributed by atoms with Gasteiger partial charge in [-0.15, -0.1) is 0 Å². The van der Waals surface area contributed by atoms with Crippen LogP contribution in [0.3, 0.4) is 0 Å². The number of hydrogen-bond donors (Lipinski definition) is 2. The lowest BCUT2D eigenvalue weighted by Crippen LogP contribution is -2.36. The molecule has 3 aromatic rings. The van der Waals surface area contributed by atoms with Crippen LogP contribution in [0.2, 0.25) is 0 Å². The topological polar surface area (TPSA) is 97.3 Å². The Balaban J connectivity index is 1.12. The van der Waals surface area contributed by atoms with Crippen molar-refractivity contribution in [3.63, 3.8) is 0 Å². The number of anilines is 2. The van der Waals surface area contributed by atoms with Gasteiger partial charge in [-0.3, -0.25) is 4.98 Å². The number of hydrogen-bond acceptors (Lipinski definition) is 9. The summed E-state index contributed by atoms with van der Waals surface area (Å²) in [6.45, 7) is 5.08. The zero-order valence-electron chi connectivity index (χ0n) is 19.4. The maximum atomic E-state index is 6.55. The lowest BCUT2D eigenvalue weighted by molar-refractivity contribution is 0.122. The molecule has 2 fully saturated rings. The average molecular weight is 462 g/mol. The monoisotopic (exact) mass is 461 g/mol. The molecular formula is C25H31N7O2. The third kappa shape index (κ3) is 4.63. The van der Waals surface area contributed by atoms with Crippen molar-refractivity contribution in [2.45, 2.75) is 50.8 Å². The molecule has 9 nitrogen and oxygen atoms in total. The Bertz CT molecular complexity index is 1140. The minimum absolute atomic E-state index is 0.164. The molecule has 0 bridgehead atoms. The van der Waals surface area contributed by atoms with Crippen molar-refractivity contribution in [2.24, 2.45) is 0 Å². The van der Waals surface area contributed by atoms with E-state index in [9.17, 15) is 0 Å². The molecule has 0 spiro atoms. The second-order valence-corrected chi connectivity index (χ2v) is 9.30. The standard InChI is InChI=1S/C25H31N7O2/c1-3-20(4-2-18(1)30-25-29-15-17-5-6-26-16-22(17)31-25)34-23-14-19(32-9-11-33-12-10-32)13-21-24(23)28-8-7-27-21/h7-8,13-15,18,20,26H,1-6,9-12,16H2,(H,29,30,31)/t18-,20+. The number of morpholine rings is 1. The van der Waals surface area contributed by atoms with E-state index in [1.807, 2.05) is 6.20 Å². The van der Waals surface area contributed by atoms with Gasteiger partial charge in [0.05, 0.1) is 30.5 Å². The third-order valence-corrected chi connectivity index (χ3v) is 7.02. The molecule has 1 saturated heterocycles. The zero-order valence-corrected chi connectivity index (χ0v) is 19.4. The zero-order chi connectivity index (χ0) is 22.7. The second kappa shape index (κ2) is 9.68. The summed E-state index contributed by atoms with van der Waals surface area (Å²) < 4.78 is 12.1. The number of nitrogens with zero attached hydrogens (tertiary/aromatic N) is 5. The molecule has 0 atom stereocenters. The first-order chi connectivity index (χ1) is 16.8. The van der Waals surface area contributed by atoms with E-state index in [0.717, 1.165) is 106 Å². The van der Waals surface area contributed by atoms with E-state index < -0.39 is 0 Å². The van der Waals surface area contributed by atoms with E-state index >= 15 is 0 Å². The van der Waals surface area contributed by atoms with Gasteiger partial charge in [-0.05, 0) is 50.3 Å². The van der Waals surface area contributed by atoms with Crippen molar-refractivity contribution in [2.75, 3.05) is 43.1 Å². The molecule has 4 heterocycles. The van der Waals surface area contributed by atoms with Gasteiger partial charge < -0.3 is 25.0 Å². The number of benzene rings is 1. The minimum Gasteiger partial charge on any atom is -0.488 e. The third-order valence-electron chi connectivity index (χ3n) is 7.02. The number of fused-ring (bicyclic) bond motifs is 2. The number of nitrogens with one attached hydrogen (secondary N) is 2. The molecule has 0 radical (unpaired) electrons. The molecule has 1 aliphatic carbocycles. The van der Waals surface area contributed by atoms with E-state index in [0.29, 0.717) is 6.04 Å². The van der Waals surface area contributed by atoms with E-state index in [-0.39, 0.29) is 6.10 Å². The molecule has 178 valence electrons. The van der Waals surface area contributed by atoms with E-state index in [4.69, 9.17) is 14.5 Å². The maximum absolute atomic E-state index is 6.55. The van der Waals surface area contributed by atoms with E-state index in [1.165, 1.54) is 5.56 Å². The molecule has 0 unspecified atom stereocenters. The molecule has 2 aromatic heterocycles. The summed E-state index contributed by atoms with van der Waals surface area (Å²) in [5, 5.41) is 6.94. The largest absolute Gasteiger partial charge is 0.488 e. The summed E-state index contributed by atoms with van der Waals surface area (Å²) in [7, 11) is 0. The number of ether oxygens (including phenoxy) is 2.